The van der Waals surface area contributed by atoms with Crippen LogP contribution in [0, 0.1) is 11.6 Å². The van der Waals surface area contributed by atoms with Gasteiger partial charge in [0.2, 0.25) is 11.8 Å². The van der Waals surface area contributed by atoms with E-state index >= 15 is 0 Å². The molecule has 0 spiro atoms. The first-order chi connectivity index (χ1) is 9.40. The number of nitrogens with one attached hydrogen (secondary N) is 2. The second-order valence-corrected chi connectivity index (χ2v) is 5.17. The molecule has 1 atom stereocenters. The fourth-order valence-electron chi connectivity index (χ4n) is 2.21. The minimum Gasteiger partial charge on any atom is -0.342 e. The molecule has 4 nitrogen and oxygen atoms in total. The molecule has 1 heterocycles. The van der Waals surface area contributed by atoms with Crippen molar-refractivity contribution in [1.29, 1.82) is 0 Å². The highest BCUT2D eigenvalue weighted by Gasteiger charge is 2.36. The predicted octanol–water partition coefficient (Wildman–Crippen LogP) is 2.35. The zero-order valence-corrected chi connectivity index (χ0v) is 11.1. The molecule has 0 aliphatic carbocycles. The van der Waals surface area contributed by atoms with Gasteiger partial charge in [0.1, 0.15) is 5.54 Å². The Bertz CT molecular complexity index is 548. The Morgan fingerprint density at radius 2 is 2.05 bits per heavy atom. The van der Waals surface area contributed by atoms with Crippen LogP contribution in [0.4, 0.5) is 14.5 Å². The quantitative estimate of drug-likeness (QED) is 0.874. The van der Waals surface area contributed by atoms with E-state index in [0.29, 0.717) is 12.8 Å². The van der Waals surface area contributed by atoms with Crippen LogP contribution in [0.25, 0.3) is 0 Å². The molecule has 0 aromatic heterocycles. The summed E-state index contributed by atoms with van der Waals surface area (Å²) in [6.07, 6.45) is 2.39. The van der Waals surface area contributed by atoms with Crippen molar-refractivity contribution in [2.45, 2.75) is 38.1 Å². The van der Waals surface area contributed by atoms with Crippen LogP contribution in [0.2, 0.25) is 0 Å². The van der Waals surface area contributed by atoms with Gasteiger partial charge in [-0.15, -0.1) is 0 Å². The molecule has 2 N–H and O–H groups in total. The highest BCUT2D eigenvalue weighted by molar-refractivity contribution is 6.00. The van der Waals surface area contributed by atoms with Crippen molar-refractivity contribution in [1.82, 2.24) is 5.32 Å². The number of rotatable bonds is 2. The molecule has 0 bridgehead atoms. The highest BCUT2D eigenvalue weighted by atomic mass is 19.2. The van der Waals surface area contributed by atoms with Crippen molar-refractivity contribution < 1.29 is 18.4 Å². The first-order valence-corrected chi connectivity index (χ1v) is 6.48. The van der Waals surface area contributed by atoms with Crippen LogP contribution in [0.5, 0.6) is 0 Å². The van der Waals surface area contributed by atoms with Crippen molar-refractivity contribution >= 4 is 17.5 Å². The minimum absolute atomic E-state index is 0.161. The summed E-state index contributed by atoms with van der Waals surface area (Å²) in [5.74, 6) is -2.61. The SMILES string of the molecule is CC1(C(=O)Nc2ccc(F)c(F)c2)CCCCC(=O)N1. The molecular formula is C14H16F2N2O2. The molecule has 20 heavy (non-hydrogen) atoms. The molecule has 1 aromatic carbocycles. The number of benzene rings is 1. The number of amides is 2. The Labute approximate surface area is 115 Å². The van der Waals surface area contributed by atoms with E-state index in [9.17, 15) is 18.4 Å². The van der Waals surface area contributed by atoms with Crippen molar-refractivity contribution in [2.75, 3.05) is 5.32 Å². The van der Waals surface area contributed by atoms with Crippen molar-refractivity contribution in [2.24, 2.45) is 0 Å². The maximum Gasteiger partial charge on any atom is 0.249 e. The van der Waals surface area contributed by atoms with Gasteiger partial charge in [-0.05, 0) is 31.9 Å². The van der Waals surface area contributed by atoms with Gasteiger partial charge in [-0.25, -0.2) is 8.78 Å². The normalized spacial score (nSPS) is 22.9. The molecule has 1 aliphatic heterocycles. The number of hydrogen-bond donors (Lipinski definition) is 2. The van der Waals surface area contributed by atoms with E-state index in [1.54, 1.807) is 6.92 Å². The average molecular weight is 282 g/mol. The number of hydrogen-bond acceptors (Lipinski definition) is 2. The number of carbonyl (C=O) groups excluding carboxylic acids is 2. The number of anilines is 1. The molecule has 1 unspecified atom stereocenters. The van der Waals surface area contributed by atoms with Gasteiger partial charge in [0.15, 0.2) is 11.6 Å². The summed E-state index contributed by atoms with van der Waals surface area (Å²) in [6, 6.07) is 3.13. The average Bonchev–Trinajstić information content (AvgIpc) is 2.56. The van der Waals surface area contributed by atoms with Crippen molar-refractivity contribution in [3.8, 4) is 0 Å². The Morgan fingerprint density at radius 1 is 1.30 bits per heavy atom. The van der Waals surface area contributed by atoms with E-state index in [0.717, 1.165) is 25.0 Å². The number of halogens is 2. The summed E-state index contributed by atoms with van der Waals surface area (Å²) in [7, 11) is 0. The van der Waals surface area contributed by atoms with Crippen LogP contribution < -0.4 is 10.6 Å². The molecule has 1 fully saturated rings. The van der Waals surface area contributed by atoms with Gasteiger partial charge in [0, 0.05) is 18.2 Å². The zero-order chi connectivity index (χ0) is 14.8. The van der Waals surface area contributed by atoms with Crippen molar-refractivity contribution in [3.05, 3.63) is 29.8 Å². The number of carbonyl (C=O) groups is 2. The second kappa shape index (κ2) is 5.56. The third kappa shape index (κ3) is 3.12. The summed E-state index contributed by atoms with van der Waals surface area (Å²) >= 11 is 0. The lowest BCUT2D eigenvalue weighted by Gasteiger charge is -2.27. The van der Waals surface area contributed by atoms with Gasteiger partial charge in [-0.3, -0.25) is 9.59 Å². The first-order valence-electron chi connectivity index (χ1n) is 6.48. The largest absolute Gasteiger partial charge is 0.342 e. The van der Waals surface area contributed by atoms with E-state index in [2.05, 4.69) is 10.6 Å². The monoisotopic (exact) mass is 282 g/mol. The summed E-state index contributed by atoms with van der Waals surface area (Å²) in [6.45, 7) is 1.63. The standard InChI is InChI=1S/C14H16F2N2O2/c1-14(7-3-2-4-12(19)18-14)13(20)17-9-5-6-10(15)11(16)8-9/h5-6,8H,2-4,7H2,1H3,(H,17,20)(H,18,19). The van der Waals surface area contributed by atoms with Gasteiger partial charge >= 0.3 is 0 Å². The minimum atomic E-state index is -1.03. The fraction of sp³-hybridized carbons (Fsp3) is 0.429. The third-order valence-electron chi connectivity index (χ3n) is 3.42. The zero-order valence-electron chi connectivity index (χ0n) is 11.1. The summed E-state index contributed by atoms with van der Waals surface area (Å²) in [4.78, 5) is 23.8. The van der Waals surface area contributed by atoms with Gasteiger partial charge in [0.05, 0.1) is 0 Å². The van der Waals surface area contributed by atoms with E-state index in [1.807, 2.05) is 0 Å². The molecule has 6 heteroatoms. The van der Waals surface area contributed by atoms with Crippen LogP contribution in [-0.2, 0) is 9.59 Å². The highest BCUT2D eigenvalue weighted by Crippen LogP contribution is 2.22. The van der Waals surface area contributed by atoms with Gasteiger partial charge in [-0.2, -0.15) is 0 Å². The maximum absolute atomic E-state index is 13.1. The molecule has 2 rings (SSSR count). The van der Waals surface area contributed by atoms with Crippen molar-refractivity contribution in [3.63, 3.8) is 0 Å². The van der Waals surface area contributed by atoms with Crippen LogP contribution in [0.15, 0.2) is 18.2 Å². The van der Waals surface area contributed by atoms with Gasteiger partial charge in [-0.1, -0.05) is 6.42 Å². The first kappa shape index (κ1) is 14.4. The molecule has 108 valence electrons. The summed E-state index contributed by atoms with van der Waals surface area (Å²) in [5.41, 5.74) is -0.869. The Balaban J connectivity index is 2.13. The Hall–Kier alpha value is -1.98. The van der Waals surface area contributed by atoms with E-state index < -0.39 is 23.1 Å². The maximum atomic E-state index is 13.1. The molecule has 2 amide bonds. The van der Waals surface area contributed by atoms with Crippen LogP contribution in [0.1, 0.15) is 32.6 Å². The van der Waals surface area contributed by atoms with E-state index in [-0.39, 0.29) is 11.6 Å². The predicted molar refractivity (Wildman–Crippen MR) is 70.0 cm³/mol. The van der Waals surface area contributed by atoms with E-state index in [1.165, 1.54) is 6.07 Å². The Morgan fingerprint density at radius 3 is 2.75 bits per heavy atom. The van der Waals surface area contributed by atoms with Crippen LogP contribution in [0.3, 0.4) is 0 Å². The van der Waals surface area contributed by atoms with Crippen LogP contribution >= 0.6 is 0 Å². The molecule has 0 radical (unpaired) electrons. The Kier molecular flexibility index (Phi) is 4.01. The lowest BCUT2D eigenvalue weighted by molar-refractivity contribution is -0.129. The topological polar surface area (TPSA) is 58.2 Å². The second-order valence-electron chi connectivity index (χ2n) is 5.17. The lowest BCUT2D eigenvalue weighted by atomic mass is 9.95. The smallest absolute Gasteiger partial charge is 0.249 e. The fourth-order valence-corrected chi connectivity index (χ4v) is 2.21. The lowest BCUT2D eigenvalue weighted by Crippen LogP contribution is -2.53. The van der Waals surface area contributed by atoms with Gasteiger partial charge < -0.3 is 10.6 Å². The van der Waals surface area contributed by atoms with E-state index in [4.69, 9.17) is 0 Å². The van der Waals surface area contributed by atoms with Gasteiger partial charge in [0.25, 0.3) is 0 Å². The molecule has 1 aliphatic rings. The molecule has 1 aromatic rings. The molecule has 0 saturated carbocycles. The molecule has 1 saturated heterocycles. The summed E-state index contributed by atoms with van der Waals surface area (Å²) < 4.78 is 25.9. The van der Waals surface area contributed by atoms with Crippen LogP contribution in [-0.4, -0.2) is 17.4 Å². The molecular weight excluding hydrogens is 266 g/mol. The third-order valence-corrected chi connectivity index (χ3v) is 3.42. The summed E-state index contributed by atoms with van der Waals surface area (Å²) in [5, 5.41) is 5.19.